The Balaban J connectivity index is 0.00000289. The van der Waals surface area contributed by atoms with Gasteiger partial charge in [0.05, 0.1) is 0 Å². The second-order valence-electron chi connectivity index (χ2n) is 4.55. The summed E-state index contributed by atoms with van der Waals surface area (Å²) in [6.45, 7) is 2.19. The van der Waals surface area contributed by atoms with E-state index in [1.54, 1.807) is 0 Å². The quantitative estimate of drug-likeness (QED) is 0.797. The zero-order valence-corrected chi connectivity index (χ0v) is 11.7. The van der Waals surface area contributed by atoms with Gasteiger partial charge in [0.2, 0.25) is 5.91 Å². The molecule has 1 aromatic rings. The topological polar surface area (TPSA) is 69.1 Å². The third kappa shape index (κ3) is 6.62. The fourth-order valence-electron chi connectivity index (χ4n) is 1.86. The predicted molar refractivity (Wildman–Crippen MR) is 77.8 cm³/mol. The van der Waals surface area contributed by atoms with Crippen molar-refractivity contribution in [1.82, 2.24) is 0 Å². The monoisotopic (exact) mass is 270 g/mol. The standard InChI is InChI=1S/C14H22N2O.ClH/c1-2-3-4-11-5-7-12(8-6-11)9-13(15)10-14(16)17;/h5-8,13H,2-4,9-10,15H2,1H3,(H2,16,17);1H/t13-;/m0./s1. The average Bonchev–Trinajstić information content (AvgIpc) is 2.27. The van der Waals surface area contributed by atoms with Crippen molar-refractivity contribution < 1.29 is 4.79 Å². The van der Waals surface area contributed by atoms with Crippen molar-refractivity contribution >= 4 is 18.3 Å². The molecule has 0 bridgehead atoms. The molecule has 18 heavy (non-hydrogen) atoms. The number of carbonyl (C=O) groups is 1. The molecule has 0 radical (unpaired) electrons. The molecular weight excluding hydrogens is 248 g/mol. The predicted octanol–water partition coefficient (Wildman–Crippen LogP) is 2.20. The molecule has 0 aromatic heterocycles. The van der Waals surface area contributed by atoms with Gasteiger partial charge in [-0.3, -0.25) is 4.79 Å². The van der Waals surface area contributed by atoms with Crippen LogP contribution >= 0.6 is 12.4 Å². The minimum absolute atomic E-state index is 0. The first-order valence-electron chi connectivity index (χ1n) is 6.23. The summed E-state index contributed by atoms with van der Waals surface area (Å²) in [5, 5.41) is 0. The molecule has 0 spiro atoms. The Morgan fingerprint density at radius 1 is 1.22 bits per heavy atom. The third-order valence-electron chi connectivity index (χ3n) is 2.80. The smallest absolute Gasteiger partial charge is 0.218 e. The second-order valence-corrected chi connectivity index (χ2v) is 4.55. The highest BCUT2D eigenvalue weighted by molar-refractivity contribution is 5.85. The van der Waals surface area contributed by atoms with E-state index in [0.29, 0.717) is 6.42 Å². The lowest BCUT2D eigenvalue weighted by Gasteiger charge is -2.09. The minimum atomic E-state index is -0.336. The SMILES string of the molecule is CCCCc1ccc(C[C@H](N)CC(N)=O)cc1.Cl. The maximum atomic E-state index is 10.7. The Morgan fingerprint density at radius 2 is 1.78 bits per heavy atom. The van der Waals surface area contributed by atoms with Crippen molar-refractivity contribution in [2.24, 2.45) is 11.5 Å². The highest BCUT2D eigenvalue weighted by atomic mass is 35.5. The van der Waals surface area contributed by atoms with Crippen LogP contribution in [0, 0.1) is 0 Å². The molecule has 0 heterocycles. The number of hydrogen-bond acceptors (Lipinski definition) is 2. The molecule has 4 N–H and O–H groups in total. The Labute approximate surface area is 115 Å². The molecule has 4 heteroatoms. The Hall–Kier alpha value is -1.06. The molecular formula is C14H23ClN2O. The van der Waals surface area contributed by atoms with E-state index in [4.69, 9.17) is 11.5 Å². The summed E-state index contributed by atoms with van der Waals surface area (Å²) in [7, 11) is 0. The van der Waals surface area contributed by atoms with Crippen LogP contribution in [-0.4, -0.2) is 11.9 Å². The van der Waals surface area contributed by atoms with E-state index in [-0.39, 0.29) is 30.8 Å². The van der Waals surface area contributed by atoms with Crippen molar-refractivity contribution in [3.05, 3.63) is 35.4 Å². The number of halogens is 1. The summed E-state index contributed by atoms with van der Waals surface area (Å²) >= 11 is 0. The molecule has 1 aromatic carbocycles. The van der Waals surface area contributed by atoms with Crippen LogP contribution in [0.5, 0.6) is 0 Å². The summed E-state index contributed by atoms with van der Waals surface area (Å²) in [4.78, 5) is 10.7. The fourth-order valence-corrected chi connectivity index (χ4v) is 1.86. The summed E-state index contributed by atoms with van der Waals surface area (Å²) in [5.74, 6) is -0.336. The third-order valence-corrected chi connectivity index (χ3v) is 2.80. The Kier molecular flexibility index (Phi) is 8.42. The second kappa shape index (κ2) is 8.95. The van der Waals surface area contributed by atoms with Crippen molar-refractivity contribution in [1.29, 1.82) is 0 Å². The number of benzene rings is 1. The number of carbonyl (C=O) groups excluding carboxylic acids is 1. The zero-order valence-electron chi connectivity index (χ0n) is 10.9. The van der Waals surface area contributed by atoms with E-state index in [2.05, 4.69) is 31.2 Å². The van der Waals surface area contributed by atoms with Gasteiger partial charge in [-0.2, -0.15) is 0 Å². The number of primary amides is 1. The molecule has 0 saturated carbocycles. The van der Waals surface area contributed by atoms with Crippen LogP contribution in [0.25, 0.3) is 0 Å². The van der Waals surface area contributed by atoms with Crippen LogP contribution in [0.1, 0.15) is 37.3 Å². The molecule has 0 aliphatic carbocycles. The van der Waals surface area contributed by atoms with Crippen LogP contribution in [0.3, 0.4) is 0 Å². The number of unbranched alkanes of at least 4 members (excludes halogenated alkanes) is 1. The van der Waals surface area contributed by atoms with Crippen LogP contribution < -0.4 is 11.5 Å². The van der Waals surface area contributed by atoms with Crippen LogP contribution in [0.15, 0.2) is 24.3 Å². The van der Waals surface area contributed by atoms with Gasteiger partial charge < -0.3 is 11.5 Å². The van der Waals surface area contributed by atoms with E-state index in [0.717, 1.165) is 6.42 Å². The first-order valence-corrected chi connectivity index (χ1v) is 6.23. The molecule has 1 amide bonds. The number of amides is 1. The number of rotatable bonds is 7. The van der Waals surface area contributed by atoms with Crippen molar-refractivity contribution in [2.45, 2.75) is 45.1 Å². The maximum absolute atomic E-state index is 10.7. The number of nitrogens with two attached hydrogens (primary N) is 2. The molecule has 0 saturated heterocycles. The molecule has 1 rings (SSSR count). The molecule has 0 unspecified atom stereocenters. The minimum Gasteiger partial charge on any atom is -0.370 e. The summed E-state index contributed by atoms with van der Waals surface area (Å²) in [6, 6.07) is 8.29. The van der Waals surface area contributed by atoms with Gasteiger partial charge in [0.1, 0.15) is 0 Å². The van der Waals surface area contributed by atoms with E-state index < -0.39 is 0 Å². The Morgan fingerprint density at radius 3 is 2.28 bits per heavy atom. The Bertz CT molecular complexity index is 351. The van der Waals surface area contributed by atoms with Gasteiger partial charge in [0, 0.05) is 12.5 Å². The lowest BCUT2D eigenvalue weighted by molar-refractivity contribution is -0.118. The lowest BCUT2D eigenvalue weighted by Crippen LogP contribution is -2.29. The largest absolute Gasteiger partial charge is 0.370 e. The van der Waals surface area contributed by atoms with Crippen molar-refractivity contribution in [3.63, 3.8) is 0 Å². The van der Waals surface area contributed by atoms with Crippen LogP contribution in [0.2, 0.25) is 0 Å². The fraction of sp³-hybridized carbons (Fsp3) is 0.500. The average molecular weight is 271 g/mol. The molecule has 3 nitrogen and oxygen atoms in total. The highest BCUT2D eigenvalue weighted by Crippen LogP contribution is 2.10. The van der Waals surface area contributed by atoms with Crippen molar-refractivity contribution in [2.75, 3.05) is 0 Å². The number of aryl methyl sites for hydroxylation is 1. The molecule has 0 aliphatic rings. The highest BCUT2D eigenvalue weighted by Gasteiger charge is 2.07. The molecule has 102 valence electrons. The van der Waals surface area contributed by atoms with E-state index in [9.17, 15) is 4.79 Å². The summed E-state index contributed by atoms with van der Waals surface area (Å²) in [5.41, 5.74) is 13.5. The molecule has 1 atom stereocenters. The van der Waals surface area contributed by atoms with Gasteiger partial charge in [-0.05, 0) is 30.4 Å². The van der Waals surface area contributed by atoms with E-state index in [1.165, 1.54) is 24.0 Å². The maximum Gasteiger partial charge on any atom is 0.218 e. The van der Waals surface area contributed by atoms with E-state index in [1.807, 2.05) is 0 Å². The van der Waals surface area contributed by atoms with Crippen LogP contribution in [-0.2, 0) is 17.6 Å². The summed E-state index contributed by atoms with van der Waals surface area (Å²) in [6.07, 6.45) is 4.52. The molecule has 0 aliphatic heterocycles. The van der Waals surface area contributed by atoms with Gasteiger partial charge in [-0.15, -0.1) is 12.4 Å². The van der Waals surface area contributed by atoms with Gasteiger partial charge in [0.15, 0.2) is 0 Å². The number of hydrogen-bond donors (Lipinski definition) is 2. The zero-order chi connectivity index (χ0) is 12.7. The van der Waals surface area contributed by atoms with Gasteiger partial charge in [0.25, 0.3) is 0 Å². The van der Waals surface area contributed by atoms with E-state index >= 15 is 0 Å². The van der Waals surface area contributed by atoms with Gasteiger partial charge in [-0.1, -0.05) is 37.6 Å². The van der Waals surface area contributed by atoms with Gasteiger partial charge >= 0.3 is 0 Å². The summed E-state index contributed by atoms with van der Waals surface area (Å²) < 4.78 is 0. The van der Waals surface area contributed by atoms with Crippen molar-refractivity contribution in [3.8, 4) is 0 Å². The van der Waals surface area contributed by atoms with Gasteiger partial charge in [-0.25, -0.2) is 0 Å². The first-order chi connectivity index (χ1) is 8.11. The lowest BCUT2D eigenvalue weighted by atomic mass is 10.0. The normalized spacial score (nSPS) is 11.7. The molecule has 0 fully saturated rings. The van der Waals surface area contributed by atoms with Crippen LogP contribution in [0.4, 0.5) is 0 Å². The first kappa shape index (κ1) is 16.9.